The first-order valence-electron chi connectivity index (χ1n) is 7.76. The fourth-order valence-electron chi connectivity index (χ4n) is 2.65. The van der Waals surface area contributed by atoms with Gasteiger partial charge in [0.1, 0.15) is 23.4 Å². The van der Waals surface area contributed by atoms with Gasteiger partial charge in [-0.1, -0.05) is 24.3 Å². The number of methoxy groups -OCH3 is 1. The summed E-state index contributed by atoms with van der Waals surface area (Å²) in [5.41, 5.74) is 1.16. The molecule has 0 saturated carbocycles. The molecule has 0 spiro atoms. The molecule has 5 nitrogen and oxygen atoms in total. The van der Waals surface area contributed by atoms with Gasteiger partial charge in [0.15, 0.2) is 0 Å². The highest BCUT2D eigenvalue weighted by Gasteiger charge is 2.22. The van der Waals surface area contributed by atoms with Crippen LogP contribution in [-0.2, 0) is 7.05 Å². The number of imidazole rings is 1. The van der Waals surface area contributed by atoms with E-state index >= 15 is 0 Å². The lowest BCUT2D eigenvalue weighted by molar-refractivity contribution is 0.0938. The summed E-state index contributed by atoms with van der Waals surface area (Å²) in [7, 11) is 3.36. The number of hydrogen-bond donors (Lipinski definition) is 1. The molecule has 3 rings (SSSR count). The second kappa shape index (κ2) is 7.17. The first-order valence-corrected chi connectivity index (χ1v) is 7.76. The van der Waals surface area contributed by atoms with E-state index in [0.717, 1.165) is 5.56 Å². The molecule has 0 aliphatic heterocycles. The van der Waals surface area contributed by atoms with E-state index in [1.54, 1.807) is 48.8 Å². The number of hydrogen-bond acceptors (Lipinski definition) is 3. The molecule has 0 bridgehead atoms. The quantitative estimate of drug-likeness (QED) is 0.777. The molecular weight excluding hydrogens is 321 g/mol. The lowest BCUT2D eigenvalue weighted by Gasteiger charge is -2.20. The maximum absolute atomic E-state index is 13.3. The second-order valence-corrected chi connectivity index (χ2v) is 5.55. The van der Waals surface area contributed by atoms with E-state index in [1.807, 2.05) is 11.6 Å². The van der Waals surface area contributed by atoms with E-state index in [0.29, 0.717) is 17.1 Å². The van der Waals surface area contributed by atoms with Crippen molar-refractivity contribution in [3.63, 3.8) is 0 Å². The zero-order valence-electron chi connectivity index (χ0n) is 13.9. The number of nitrogens with one attached hydrogen (secondary N) is 1. The molecule has 0 radical (unpaired) electrons. The van der Waals surface area contributed by atoms with Crippen LogP contribution in [0.2, 0.25) is 0 Å². The predicted molar refractivity (Wildman–Crippen MR) is 91.9 cm³/mol. The molecule has 0 aliphatic carbocycles. The Balaban J connectivity index is 1.97. The summed E-state index contributed by atoms with van der Waals surface area (Å²) in [5.74, 6) is 0.501. The van der Waals surface area contributed by atoms with Gasteiger partial charge in [-0.3, -0.25) is 4.79 Å². The van der Waals surface area contributed by atoms with Gasteiger partial charge < -0.3 is 14.6 Å². The van der Waals surface area contributed by atoms with Crippen LogP contribution in [0.15, 0.2) is 60.9 Å². The number of carbonyl (C=O) groups excluding carboxylic acids is 1. The molecule has 1 aromatic heterocycles. The molecule has 1 heterocycles. The summed E-state index contributed by atoms with van der Waals surface area (Å²) < 4.78 is 20.3. The average Bonchev–Trinajstić information content (AvgIpc) is 3.06. The molecule has 1 atom stereocenters. The van der Waals surface area contributed by atoms with Crippen LogP contribution in [0.3, 0.4) is 0 Å². The molecule has 6 heteroatoms. The van der Waals surface area contributed by atoms with Gasteiger partial charge in [-0.05, 0) is 29.8 Å². The van der Waals surface area contributed by atoms with Crippen molar-refractivity contribution in [2.24, 2.45) is 7.05 Å². The molecular formula is C19H18FN3O2. The third kappa shape index (κ3) is 3.52. The maximum Gasteiger partial charge on any atom is 0.255 e. The highest BCUT2D eigenvalue weighted by atomic mass is 19.1. The summed E-state index contributed by atoms with van der Waals surface area (Å²) in [4.78, 5) is 17.1. The summed E-state index contributed by atoms with van der Waals surface area (Å²) >= 11 is 0. The van der Waals surface area contributed by atoms with Gasteiger partial charge in [0, 0.05) is 19.4 Å². The van der Waals surface area contributed by atoms with Crippen molar-refractivity contribution in [1.82, 2.24) is 14.9 Å². The van der Waals surface area contributed by atoms with E-state index < -0.39 is 6.04 Å². The largest absolute Gasteiger partial charge is 0.496 e. The first-order chi connectivity index (χ1) is 12.1. The van der Waals surface area contributed by atoms with Crippen LogP contribution >= 0.6 is 0 Å². The van der Waals surface area contributed by atoms with Gasteiger partial charge in [-0.25, -0.2) is 9.37 Å². The van der Waals surface area contributed by atoms with Gasteiger partial charge >= 0.3 is 0 Å². The third-order valence-corrected chi connectivity index (χ3v) is 3.95. The number of para-hydroxylation sites is 1. The number of nitrogens with zero attached hydrogens (tertiary/aromatic N) is 2. The zero-order chi connectivity index (χ0) is 17.8. The number of rotatable bonds is 5. The summed E-state index contributed by atoms with van der Waals surface area (Å²) in [6, 6.07) is 12.5. The number of benzene rings is 2. The van der Waals surface area contributed by atoms with E-state index in [1.165, 1.54) is 19.2 Å². The Morgan fingerprint density at radius 1 is 1.20 bits per heavy atom. The maximum atomic E-state index is 13.3. The number of aromatic nitrogens is 2. The Kier molecular flexibility index (Phi) is 4.79. The van der Waals surface area contributed by atoms with Crippen molar-refractivity contribution in [1.29, 1.82) is 0 Å². The van der Waals surface area contributed by atoms with Crippen LogP contribution in [0.5, 0.6) is 5.75 Å². The normalized spacial score (nSPS) is 11.8. The number of halogens is 1. The molecule has 0 fully saturated rings. The van der Waals surface area contributed by atoms with Crippen molar-refractivity contribution in [2.75, 3.05) is 7.11 Å². The number of amides is 1. The summed E-state index contributed by atoms with van der Waals surface area (Å²) in [6.07, 6.45) is 3.45. The van der Waals surface area contributed by atoms with Crippen LogP contribution in [0.25, 0.3) is 0 Å². The molecule has 0 aliphatic rings. The van der Waals surface area contributed by atoms with E-state index in [2.05, 4.69) is 10.3 Å². The van der Waals surface area contributed by atoms with Gasteiger partial charge in [0.2, 0.25) is 0 Å². The van der Waals surface area contributed by atoms with Crippen molar-refractivity contribution in [2.45, 2.75) is 6.04 Å². The fourth-order valence-corrected chi connectivity index (χ4v) is 2.65. The number of aryl methyl sites for hydroxylation is 1. The highest BCUT2D eigenvalue weighted by molar-refractivity contribution is 5.97. The summed E-state index contributed by atoms with van der Waals surface area (Å²) in [5, 5.41) is 2.96. The number of carbonyl (C=O) groups is 1. The Labute approximate surface area is 145 Å². The van der Waals surface area contributed by atoms with Crippen molar-refractivity contribution in [3.8, 4) is 5.75 Å². The van der Waals surface area contributed by atoms with E-state index in [-0.39, 0.29) is 11.7 Å². The Bertz CT molecular complexity index is 874. The van der Waals surface area contributed by atoms with Gasteiger partial charge in [-0.15, -0.1) is 0 Å². The molecule has 1 amide bonds. The summed E-state index contributed by atoms with van der Waals surface area (Å²) in [6.45, 7) is 0. The van der Waals surface area contributed by atoms with Crippen LogP contribution < -0.4 is 10.1 Å². The third-order valence-electron chi connectivity index (χ3n) is 3.95. The topological polar surface area (TPSA) is 56.1 Å². The minimum Gasteiger partial charge on any atom is -0.496 e. The van der Waals surface area contributed by atoms with Crippen molar-refractivity contribution < 1.29 is 13.9 Å². The SMILES string of the molecule is COc1ccccc1C(=O)NC(c1ccc(F)cc1)c1nccn1C. The first kappa shape index (κ1) is 16.7. The molecule has 128 valence electrons. The Morgan fingerprint density at radius 3 is 2.56 bits per heavy atom. The molecule has 2 aromatic carbocycles. The minimum absolute atomic E-state index is 0.297. The Hall–Kier alpha value is -3.15. The Morgan fingerprint density at radius 2 is 1.92 bits per heavy atom. The van der Waals surface area contributed by atoms with Crippen LogP contribution in [-0.4, -0.2) is 22.6 Å². The van der Waals surface area contributed by atoms with E-state index in [4.69, 9.17) is 4.74 Å². The van der Waals surface area contributed by atoms with Gasteiger partial charge in [0.25, 0.3) is 5.91 Å². The molecule has 1 N–H and O–H groups in total. The standard InChI is InChI=1S/C19H18FN3O2/c1-23-12-11-21-18(23)17(13-7-9-14(20)10-8-13)22-19(24)15-5-3-4-6-16(15)25-2/h3-12,17H,1-2H3,(H,22,24). The number of ether oxygens (including phenoxy) is 1. The van der Waals surface area contributed by atoms with Gasteiger partial charge in [-0.2, -0.15) is 0 Å². The smallest absolute Gasteiger partial charge is 0.255 e. The van der Waals surface area contributed by atoms with Crippen molar-refractivity contribution >= 4 is 5.91 Å². The molecule has 3 aromatic rings. The predicted octanol–water partition coefficient (Wildman–Crippen LogP) is 3.09. The second-order valence-electron chi connectivity index (χ2n) is 5.55. The van der Waals surface area contributed by atoms with E-state index in [9.17, 15) is 9.18 Å². The minimum atomic E-state index is -0.516. The fraction of sp³-hybridized carbons (Fsp3) is 0.158. The van der Waals surface area contributed by atoms with Gasteiger partial charge in [0.05, 0.1) is 12.7 Å². The van der Waals surface area contributed by atoms with Crippen LogP contribution in [0, 0.1) is 5.82 Å². The highest BCUT2D eigenvalue weighted by Crippen LogP contribution is 2.23. The monoisotopic (exact) mass is 339 g/mol. The molecule has 25 heavy (non-hydrogen) atoms. The van der Waals surface area contributed by atoms with Crippen molar-refractivity contribution in [3.05, 3.63) is 83.7 Å². The molecule has 0 saturated heterocycles. The van der Waals surface area contributed by atoms with Crippen LogP contribution in [0.1, 0.15) is 27.8 Å². The lowest BCUT2D eigenvalue weighted by Crippen LogP contribution is -2.31. The van der Waals surface area contributed by atoms with Crippen LogP contribution in [0.4, 0.5) is 4.39 Å². The average molecular weight is 339 g/mol. The lowest BCUT2D eigenvalue weighted by atomic mass is 10.0. The zero-order valence-corrected chi connectivity index (χ0v) is 13.9. The molecule has 1 unspecified atom stereocenters.